The fourth-order valence-electron chi connectivity index (χ4n) is 3.27. The van der Waals surface area contributed by atoms with Crippen molar-refractivity contribution in [1.29, 1.82) is 0 Å². The van der Waals surface area contributed by atoms with E-state index in [0.29, 0.717) is 0 Å². The Morgan fingerprint density at radius 2 is 1.58 bits per heavy atom. The molecule has 0 radical (unpaired) electrons. The average molecular weight is 432 g/mol. The number of nitrogens with zero attached hydrogens (tertiary/aromatic N) is 1. The molecule has 0 aliphatic heterocycles. The molecule has 6 N–H and O–H groups in total. The van der Waals surface area contributed by atoms with Gasteiger partial charge in [-0.2, -0.15) is 0 Å². The molecule has 0 aromatic heterocycles. The van der Waals surface area contributed by atoms with Crippen molar-refractivity contribution >= 4 is 28.6 Å². The predicted molar refractivity (Wildman–Crippen MR) is 112 cm³/mol. The van der Waals surface area contributed by atoms with Crippen LogP contribution in [-0.4, -0.2) is 63.5 Å². The highest BCUT2D eigenvalue weighted by molar-refractivity contribution is 5.89. The number of rotatable bonds is 9. The molecule has 31 heavy (non-hydrogen) atoms. The van der Waals surface area contributed by atoms with Crippen LogP contribution in [0.15, 0.2) is 42.5 Å². The molecule has 4 amide bonds. The highest BCUT2D eigenvalue weighted by Gasteiger charge is 2.27. The zero-order valence-electron chi connectivity index (χ0n) is 17.4. The second kappa shape index (κ2) is 11.3. The molecular weight excluding hydrogens is 404 g/mol. The molecule has 0 fully saturated rings. The van der Waals surface area contributed by atoms with E-state index in [9.17, 15) is 19.5 Å². The van der Waals surface area contributed by atoms with Gasteiger partial charge < -0.3 is 15.3 Å². The molecule has 10 nitrogen and oxygen atoms in total. The maximum Gasteiger partial charge on any atom is 0.318 e. The van der Waals surface area contributed by atoms with Crippen molar-refractivity contribution in [3.8, 4) is 0 Å². The first-order chi connectivity index (χ1) is 14.8. The molecule has 0 saturated carbocycles. The normalized spacial score (nSPS) is 12.8. The smallest absolute Gasteiger partial charge is 0.318 e. The van der Waals surface area contributed by atoms with Crippen LogP contribution in [0, 0.1) is 5.92 Å². The quantitative estimate of drug-likeness (QED) is 0.255. The molecule has 2 atom stereocenters. The first-order valence-electron chi connectivity index (χ1n) is 9.84. The number of fused-ring (bicyclic) bond motifs is 1. The number of hydrogen-bond acceptors (Lipinski definition) is 6. The lowest BCUT2D eigenvalue weighted by Crippen LogP contribution is -2.54. The Morgan fingerprint density at radius 3 is 2.23 bits per heavy atom. The van der Waals surface area contributed by atoms with E-state index in [1.165, 1.54) is 10.4 Å². The zero-order chi connectivity index (χ0) is 23.0. The minimum Gasteiger partial charge on any atom is -0.381 e. The number of hydrogen-bond donors (Lipinski definition) is 6. The van der Waals surface area contributed by atoms with Gasteiger partial charge in [-0.25, -0.2) is 15.8 Å². The average Bonchev–Trinajstić information content (AvgIpc) is 2.76. The number of carbonyl (C=O) groups excluding carboxylic acids is 3. The number of urea groups is 1. The molecule has 1 unspecified atom stereocenters. The van der Waals surface area contributed by atoms with Crippen molar-refractivity contribution in [2.24, 2.45) is 5.92 Å². The van der Waals surface area contributed by atoms with E-state index in [0.717, 1.165) is 16.3 Å². The largest absolute Gasteiger partial charge is 0.381 e. The van der Waals surface area contributed by atoms with Crippen LogP contribution in [0.25, 0.3) is 10.8 Å². The monoisotopic (exact) mass is 432 g/mol. The van der Waals surface area contributed by atoms with E-state index in [1.807, 2.05) is 56.3 Å². The molecule has 168 valence electrons. The van der Waals surface area contributed by atoms with Gasteiger partial charge in [0, 0.05) is 13.0 Å². The van der Waals surface area contributed by atoms with Crippen LogP contribution in [0.2, 0.25) is 0 Å². The van der Waals surface area contributed by atoms with E-state index in [4.69, 9.17) is 10.4 Å². The van der Waals surface area contributed by atoms with Crippen LogP contribution in [0.3, 0.4) is 0 Å². The number of aliphatic hydroxyl groups excluding tert-OH is 1. The topological polar surface area (TPSA) is 151 Å². The van der Waals surface area contributed by atoms with Gasteiger partial charge in [0.15, 0.2) is 6.10 Å². The second-order valence-electron chi connectivity index (χ2n) is 7.61. The van der Waals surface area contributed by atoms with Gasteiger partial charge in [-0.15, -0.1) is 0 Å². The summed E-state index contributed by atoms with van der Waals surface area (Å²) in [7, 11) is 0. The lowest BCUT2D eigenvalue weighted by Gasteiger charge is -2.28. The molecule has 0 saturated heterocycles. The van der Waals surface area contributed by atoms with Crippen LogP contribution >= 0.6 is 0 Å². The molecule has 2 aromatic carbocycles. The Hall–Kier alpha value is -3.21. The molecule has 0 spiro atoms. The van der Waals surface area contributed by atoms with Gasteiger partial charge in [-0.3, -0.25) is 20.0 Å². The molecule has 0 aliphatic carbocycles. The third kappa shape index (κ3) is 6.64. The Bertz CT molecular complexity index is 914. The summed E-state index contributed by atoms with van der Waals surface area (Å²) in [5.41, 5.74) is 3.70. The predicted octanol–water partition coefficient (Wildman–Crippen LogP) is 0.790. The van der Waals surface area contributed by atoms with Crippen LogP contribution in [0.1, 0.15) is 19.4 Å². The number of hydroxylamine groups is 2. The van der Waals surface area contributed by atoms with E-state index in [1.54, 1.807) is 5.48 Å². The maximum absolute atomic E-state index is 12.9. The van der Waals surface area contributed by atoms with Crippen LogP contribution < -0.4 is 16.3 Å². The highest BCUT2D eigenvalue weighted by Crippen LogP contribution is 2.20. The van der Waals surface area contributed by atoms with Crippen molar-refractivity contribution in [1.82, 2.24) is 21.2 Å². The summed E-state index contributed by atoms with van der Waals surface area (Å²) in [6, 6.07) is 11.4. The van der Waals surface area contributed by atoms with Crippen molar-refractivity contribution < 1.29 is 29.9 Å². The molecule has 0 bridgehead atoms. The number of benzene rings is 2. The molecular formula is C21H28N4O6. The van der Waals surface area contributed by atoms with Crippen molar-refractivity contribution in [3.63, 3.8) is 0 Å². The van der Waals surface area contributed by atoms with E-state index >= 15 is 0 Å². The lowest BCUT2D eigenvalue weighted by atomic mass is 9.98. The number of amides is 4. The fourth-order valence-corrected chi connectivity index (χ4v) is 3.27. The van der Waals surface area contributed by atoms with Gasteiger partial charge in [0.2, 0.25) is 0 Å². The van der Waals surface area contributed by atoms with Gasteiger partial charge in [0.05, 0.1) is 6.54 Å². The lowest BCUT2D eigenvalue weighted by molar-refractivity contribution is -0.138. The standard InChI is InChI=1S/C21H28N4O6/c1-13(2)11-25(12-18(26)20(28)24-31)21(29)22-17(19(27)23-30)10-15-8-5-7-14-6-3-4-9-16(14)15/h3-9,13,17-18,26,30-31H,10-12H2,1-2H3,(H,22,29)(H,23,27)(H,24,28)/t17-,18?/m0/s1. The molecule has 2 rings (SSSR count). The van der Waals surface area contributed by atoms with Crippen molar-refractivity contribution in [2.45, 2.75) is 32.4 Å². The summed E-state index contributed by atoms with van der Waals surface area (Å²) < 4.78 is 0. The SMILES string of the molecule is CC(C)CN(CC(O)C(=O)NO)C(=O)N[C@@H](Cc1cccc2ccccc12)C(=O)NO. The highest BCUT2D eigenvalue weighted by atomic mass is 16.5. The van der Waals surface area contributed by atoms with Crippen molar-refractivity contribution in [2.75, 3.05) is 13.1 Å². The third-order valence-corrected chi connectivity index (χ3v) is 4.71. The second-order valence-corrected chi connectivity index (χ2v) is 7.61. The molecule has 2 aromatic rings. The first kappa shape index (κ1) is 24.1. The first-order valence-corrected chi connectivity index (χ1v) is 9.84. The summed E-state index contributed by atoms with van der Waals surface area (Å²) >= 11 is 0. The van der Waals surface area contributed by atoms with Gasteiger partial charge >= 0.3 is 6.03 Å². The van der Waals surface area contributed by atoms with E-state index < -0.39 is 36.5 Å². The van der Waals surface area contributed by atoms with Gasteiger partial charge in [-0.1, -0.05) is 56.3 Å². The Morgan fingerprint density at radius 1 is 0.935 bits per heavy atom. The van der Waals surface area contributed by atoms with Crippen LogP contribution in [0.5, 0.6) is 0 Å². The van der Waals surface area contributed by atoms with E-state index in [2.05, 4.69) is 5.32 Å². The van der Waals surface area contributed by atoms with Crippen LogP contribution in [-0.2, 0) is 16.0 Å². The zero-order valence-corrected chi connectivity index (χ0v) is 17.4. The number of aliphatic hydroxyl groups is 1. The van der Waals surface area contributed by atoms with Gasteiger partial charge in [0.1, 0.15) is 6.04 Å². The molecule has 0 aliphatic rings. The van der Waals surface area contributed by atoms with Crippen LogP contribution in [0.4, 0.5) is 4.79 Å². The molecule has 10 heteroatoms. The molecule has 0 heterocycles. The third-order valence-electron chi connectivity index (χ3n) is 4.71. The van der Waals surface area contributed by atoms with Crippen molar-refractivity contribution in [3.05, 3.63) is 48.0 Å². The minimum atomic E-state index is -1.65. The summed E-state index contributed by atoms with van der Waals surface area (Å²) in [5.74, 6) is -1.86. The summed E-state index contributed by atoms with van der Waals surface area (Å²) in [6.45, 7) is 3.47. The summed E-state index contributed by atoms with van der Waals surface area (Å²) in [5, 5.41) is 32.1. The van der Waals surface area contributed by atoms with Gasteiger partial charge in [0.25, 0.3) is 11.8 Å². The van der Waals surface area contributed by atoms with Gasteiger partial charge in [-0.05, 0) is 22.3 Å². The minimum absolute atomic E-state index is 0.00155. The van der Waals surface area contributed by atoms with E-state index in [-0.39, 0.29) is 18.9 Å². The fraction of sp³-hybridized carbons (Fsp3) is 0.381. The number of nitrogens with one attached hydrogen (secondary N) is 3. The summed E-state index contributed by atoms with van der Waals surface area (Å²) in [6.07, 6.45) is -1.55. The summed E-state index contributed by atoms with van der Waals surface area (Å²) in [4.78, 5) is 37.7. The maximum atomic E-state index is 12.9. The Labute approximate surface area is 179 Å². The Kier molecular flexibility index (Phi) is 8.74. The Balaban J connectivity index is 2.23. The number of carbonyl (C=O) groups is 3.